The van der Waals surface area contributed by atoms with Gasteiger partial charge in [-0.2, -0.15) is 10.1 Å². The van der Waals surface area contributed by atoms with Crippen molar-refractivity contribution in [2.24, 2.45) is 14.1 Å². The topological polar surface area (TPSA) is 168 Å². The van der Waals surface area contributed by atoms with Gasteiger partial charge < -0.3 is 30.2 Å². The highest BCUT2D eigenvalue weighted by Crippen LogP contribution is 2.35. The van der Waals surface area contributed by atoms with Crippen molar-refractivity contribution >= 4 is 67.7 Å². The molecule has 5 N–H and O–H groups in total. The molecule has 0 spiro atoms. The standard InChI is InChI=1S/C37H35N9O2.C8H9N3/c1-23-10-13-25(14-11-23)46-33(21-32(44-46)37(2,3)4)42-36(47)41-28-15-17-31(27-9-7-6-8-26(27)28)48-34-18-19-38-35(43-34)40-24-12-16-30-29(20-24)39-22-45(30)5;1-11-5-10-7-4-6(9)2-3-8(7)11/h6-22H,1-5H3,(H,38,40,43)(H2,41,42,47);2-5H,9H2,1H3. The molecule has 14 nitrogen and oxygen atoms in total. The molecule has 0 saturated carbocycles. The monoisotopic (exact) mass is 784 g/mol. The van der Waals surface area contributed by atoms with Crippen molar-refractivity contribution in [2.75, 3.05) is 21.7 Å². The van der Waals surface area contributed by atoms with E-state index in [2.05, 4.69) is 56.7 Å². The van der Waals surface area contributed by atoms with E-state index in [1.165, 1.54) is 0 Å². The first-order valence-corrected chi connectivity index (χ1v) is 19.0. The fourth-order valence-electron chi connectivity index (χ4n) is 6.53. The number of amides is 2. The molecule has 0 fully saturated rings. The van der Waals surface area contributed by atoms with Crippen molar-refractivity contribution < 1.29 is 9.53 Å². The van der Waals surface area contributed by atoms with Gasteiger partial charge in [-0.1, -0.05) is 62.7 Å². The Labute approximate surface area is 340 Å². The zero-order valence-corrected chi connectivity index (χ0v) is 33.6. The number of aryl methyl sites for hydroxylation is 3. The number of anilines is 5. The molecule has 14 heteroatoms. The molecule has 4 heterocycles. The fourth-order valence-corrected chi connectivity index (χ4v) is 6.53. The van der Waals surface area contributed by atoms with Gasteiger partial charge in [0.2, 0.25) is 11.8 Å². The molecule has 0 atom stereocenters. The van der Waals surface area contributed by atoms with Crippen molar-refractivity contribution in [3.8, 4) is 17.3 Å². The fraction of sp³-hybridized carbons (Fsp3) is 0.156. The Hall–Kier alpha value is -7.74. The number of nitrogen functional groups attached to an aromatic ring is 1. The molecule has 9 aromatic rings. The number of urea groups is 1. The number of carbonyl (C=O) groups is 1. The third-order valence-corrected chi connectivity index (χ3v) is 9.71. The van der Waals surface area contributed by atoms with E-state index in [0.717, 1.165) is 61.2 Å². The van der Waals surface area contributed by atoms with Gasteiger partial charge in [0, 0.05) is 60.0 Å². The lowest BCUT2D eigenvalue weighted by Crippen LogP contribution is -2.21. The van der Waals surface area contributed by atoms with Gasteiger partial charge in [-0.05, 0) is 67.6 Å². The van der Waals surface area contributed by atoms with Crippen LogP contribution in [0.15, 0.2) is 128 Å². The van der Waals surface area contributed by atoms with Gasteiger partial charge in [0.15, 0.2) is 0 Å². The lowest BCUT2D eigenvalue weighted by Gasteiger charge is -2.14. The molecule has 296 valence electrons. The Bertz CT molecular complexity index is 2960. The third kappa shape index (κ3) is 8.37. The number of nitrogens with one attached hydrogen (secondary N) is 3. The largest absolute Gasteiger partial charge is 0.438 e. The van der Waals surface area contributed by atoms with Crippen LogP contribution in [0.5, 0.6) is 11.6 Å². The second-order valence-corrected chi connectivity index (χ2v) is 15.3. The van der Waals surface area contributed by atoms with Crippen LogP contribution in [0.3, 0.4) is 0 Å². The maximum Gasteiger partial charge on any atom is 0.324 e. The van der Waals surface area contributed by atoms with Crippen LogP contribution in [0.25, 0.3) is 38.5 Å². The number of fused-ring (bicyclic) bond motifs is 3. The van der Waals surface area contributed by atoms with Gasteiger partial charge in [0.1, 0.15) is 11.6 Å². The van der Waals surface area contributed by atoms with Crippen LogP contribution in [0, 0.1) is 6.92 Å². The number of benzene rings is 5. The Morgan fingerprint density at radius 3 is 2.17 bits per heavy atom. The molecule has 0 bridgehead atoms. The summed E-state index contributed by atoms with van der Waals surface area (Å²) in [4.78, 5) is 31.0. The highest BCUT2D eigenvalue weighted by atomic mass is 16.5. The van der Waals surface area contributed by atoms with Crippen molar-refractivity contribution in [1.29, 1.82) is 0 Å². The first-order chi connectivity index (χ1) is 28.4. The van der Waals surface area contributed by atoms with Gasteiger partial charge in [-0.15, -0.1) is 0 Å². The van der Waals surface area contributed by atoms with E-state index in [4.69, 9.17) is 15.6 Å². The third-order valence-electron chi connectivity index (χ3n) is 9.71. The second-order valence-electron chi connectivity index (χ2n) is 15.3. The molecular weight excluding hydrogens is 741 g/mol. The number of carbonyl (C=O) groups excluding carboxylic acids is 1. The maximum atomic E-state index is 13.4. The van der Waals surface area contributed by atoms with E-state index < -0.39 is 6.03 Å². The molecule has 0 saturated heterocycles. The van der Waals surface area contributed by atoms with Crippen LogP contribution >= 0.6 is 0 Å². The average Bonchev–Trinajstić information content (AvgIpc) is 3.92. The summed E-state index contributed by atoms with van der Waals surface area (Å²) in [6.45, 7) is 8.32. The number of aromatic nitrogens is 8. The molecule has 2 amide bonds. The van der Waals surface area contributed by atoms with E-state index in [1.54, 1.807) is 29.6 Å². The van der Waals surface area contributed by atoms with Crippen molar-refractivity contribution in [1.82, 2.24) is 38.9 Å². The first kappa shape index (κ1) is 38.1. The van der Waals surface area contributed by atoms with Gasteiger partial charge >= 0.3 is 6.03 Å². The average molecular weight is 785 g/mol. The molecule has 0 aliphatic carbocycles. The maximum absolute atomic E-state index is 13.4. The Morgan fingerprint density at radius 1 is 0.746 bits per heavy atom. The number of ether oxygens (including phenoxy) is 1. The highest BCUT2D eigenvalue weighted by molar-refractivity contribution is 6.07. The Kier molecular flexibility index (Phi) is 10.1. The van der Waals surface area contributed by atoms with Crippen LogP contribution in [0.1, 0.15) is 32.0 Å². The summed E-state index contributed by atoms with van der Waals surface area (Å²) in [5.41, 5.74) is 14.4. The SMILES string of the molecule is Cc1ccc(-n2nc(C(C)(C)C)cc2NC(=O)Nc2ccc(Oc3ccnc(Nc4ccc5c(c4)ncn5C)n3)c3ccccc23)cc1.Cn1cnc2cc(N)ccc21. The summed E-state index contributed by atoms with van der Waals surface area (Å²) in [6.07, 6.45) is 5.20. The highest BCUT2D eigenvalue weighted by Gasteiger charge is 2.22. The molecule has 0 radical (unpaired) electrons. The number of imidazole rings is 2. The van der Waals surface area contributed by atoms with E-state index in [1.807, 2.05) is 133 Å². The minimum Gasteiger partial charge on any atom is -0.438 e. The first-order valence-electron chi connectivity index (χ1n) is 19.0. The second kappa shape index (κ2) is 15.7. The summed E-state index contributed by atoms with van der Waals surface area (Å²) >= 11 is 0. The van der Waals surface area contributed by atoms with Gasteiger partial charge in [0.05, 0.1) is 51.8 Å². The Balaban J connectivity index is 0.000000378. The van der Waals surface area contributed by atoms with Crippen LogP contribution in [-0.2, 0) is 19.5 Å². The predicted molar refractivity (Wildman–Crippen MR) is 235 cm³/mol. The molecular formula is C45H44N12O2. The van der Waals surface area contributed by atoms with Gasteiger partial charge in [-0.3, -0.25) is 5.32 Å². The number of hydrogen-bond donors (Lipinski definition) is 4. The molecule has 0 unspecified atom stereocenters. The normalized spacial score (nSPS) is 11.4. The summed E-state index contributed by atoms with van der Waals surface area (Å²) in [5.74, 6) is 1.91. The molecule has 4 aromatic heterocycles. The van der Waals surface area contributed by atoms with E-state index in [9.17, 15) is 4.79 Å². The summed E-state index contributed by atoms with van der Waals surface area (Å²) in [5, 5.41) is 15.7. The zero-order chi connectivity index (χ0) is 41.3. The van der Waals surface area contributed by atoms with E-state index in [-0.39, 0.29) is 5.41 Å². The Morgan fingerprint density at radius 2 is 1.44 bits per heavy atom. The smallest absolute Gasteiger partial charge is 0.324 e. The van der Waals surface area contributed by atoms with Crippen LogP contribution in [-0.4, -0.2) is 44.9 Å². The number of nitrogens with two attached hydrogens (primary N) is 1. The molecule has 59 heavy (non-hydrogen) atoms. The van der Waals surface area contributed by atoms with Crippen LogP contribution in [0.2, 0.25) is 0 Å². The van der Waals surface area contributed by atoms with Crippen LogP contribution in [0.4, 0.5) is 33.6 Å². The van der Waals surface area contributed by atoms with Crippen molar-refractivity contribution in [3.05, 3.63) is 139 Å². The minimum absolute atomic E-state index is 0.205. The number of nitrogens with zero attached hydrogens (tertiary/aromatic N) is 8. The summed E-state index contributed by atoms with van der Waals surface area (Å²) < 4.78 is 12.0. The van der Waals surface area contributed by atoms with Gasteiger partial charge in [-0.25, -0.2) is 24.4 Å². The number of hydrogen-bond acceptors (Lipinski definition) is 9. The molecule has 5 aromatic carbocycles. The quantitative estimate of drug-likeness (QED) is 0.115. The van der Waals surface area contributed by atoms with Gasteiger partial charge in [0.25, 0.3) is 0 Å². The van der Waals surface area contributed by atoms with Crippen LogP contribution < -0.4 is 26.4 Å². The lowest BCUT2D eigenvalue weighted by atomic mass is 9.92. The number of rotatable bonds is 7. The van der Waals surface area contributed by atoms with E-state index in [0.29, 0.717) is 29.1 Å². The minimum atomic E-state index is -0.391. The zero-order valence-electron chi connectivity index (χ0n) is 33.6. The summed E-state index contributed by atoms with van der Waals surface area (Å²) in [7, 11) is 3.92. The summed E-state index contributed by atoms with van der Waals surface area (Å²) in [6, 6.07) is 34.2. The van der Waals surface area contributed by atoms with Crippen molar-refractivity contribution in [3.63, 3.8) is 0 Å². The molecule has 9 rings (SSSR count). The predicted octanol–water partition coefficient (Wildman–Crippen LogP) is 9.64. The lowest BCUT2D eigenvalue weighted by molar-refractivity contribution is 0.262. The van der Waals surface area contributed by atoms with Crippen molar-refractivity contribution in [2.45, 2.75) is 33.1 Å². The molecule has 0 aliphatic rings. The van der Waals surface area contributed by atoms with E-state index >= 15 is 0 Å². The molecule has 0 aliphatic heterocycles.